The van der Waals surface area contributed by atoms with E-state index in [2.05, 4.69) is 47.5 Å². The Morgan fingerprint density at radius 2 is 2.11 bits per heavy atom. The number of anilines is 1. The van der Waals surface area contributed by atoms with Gasteiger partial charge >= 0.3 is 0 Å². The van der Waals surface area contributed by atoms with E-state index in [0.29, 0.717) is 6.04 Å². The first-order chi connectivity index (χ1) is 8.73. The molecular weight excluding hydrogens is 222 g/mol. The monoisotopic (exact) mass is 241 g/mol. The zero-order chi connectivity index (χ0) is 12.6. The second kappa shape index (κ2) is 4.29. The van der Waals surface area contributed by atoms with Crippen LogP contribution in [0.1, 0.15) is 24.8 Å². The number of nitrogens with one attached hydrogen (secondary N) is 1. The molecule has 0 aromatic heterocycles. The molecule has 2 atom stereocenters. The minimum absolute atomic E-state index is 0.383. The molecule has 2 aliphatic heterocycles. The fourth-order valence-electron chi connectivity index (χ4n) is 3.34. The number of rotatable bonds is 2. The highest BCUT2D eigenvalue weighted by Gasteiger charge is 2.49. The molecule has 94 valence electrons. The number of fused-ring (bicyclic) bond motifs is 1. The lowest BCUT2D eigenvalue weighted by molar-refractivity contribution is 0.301. The van der Waals surface area contributed by atoms with Crippen molar-refractivity contribution in [2.75, 3.05) is 18.4 Å². The summed E-state index contributed by atoms with van der Waals surface area (Å²) in [5.41, 5.74) is 1.93. The molecule has 0 spiro atoms. The van der Waals surface area contributed by atoms with Gasteiger partial charge in [-0.3, -0.25) is 4.90 Å². The molecule has 3 rings (SSSR count). The molecule has 1 N–H and O–H groups in total. The Balaban J connectivity index is 1.85. The van der Waals surface area contributed by atoms with Crippen molar-refractivity contribution < 1.29 is 0 Å². The maximum absolute atomic E-state index is 9.64. The van der Waals surface area contributed by atoms with E-state index in [1.165, 1.54) is 12.0 Å². The van der Waals surface area contributed by atoms with Gasteiger partial charge in [0, 0.05) is 18.3 Å². The van der Waals surface area contributed by atoms with Gasteiger partial charge in [0.1, 0.15) is 5.54 Å². The molecule has 1 aromatic rings. The molecule has 2 heterocycles. The summed E-state index contributed by atoms with van der Waals surface area (Å²) in [7, 11) is 0. The number of nitriles is 1. The lowest BCUT2D eigenvalue weighted by Gasteiger charge is -2.30. The minimum atomic E-state index is -0.383. The molecule has 18 heavy (non-hydrogen) atoms. The molecule has 0 saturated carbocycles. The van der Waals surface area contributed by atoms with Crippen LogP contribution in [0.2, 0.25) is 0 Å². The summed E-state index contributed by atoms with van der Waals surface area (Å²) in [6.07, 6.45) is 3.30. The predicted molar refractivity (Wildman–Crippen MR) is 72.4 cm³/mol. The average molecular weight is 241 g/mol. The highest BCUT2D eigenvalue weighted by molar-refractivity contribution is 5.50. The Kier molecular flexibility index (Phi) is 2.76. The number of aryl methyl sites for hydroxylation is 1. The average Bonchev–Trinajstić information content (AvgIpc) is 2.96. The van der Waals surface area contributed by atoms with Crippen molar-refractivity contribution in [2.45, 2.75) is 37.8 Å². The standard InChI is InChI=1S/C15H19N3/c1-12-4-6-13(7-5-12)17-15(11-16)8-10-18-9-2-3-14(15)18/h4-7,14,17H,2-3,8-10H2,1H3. The van der Waals surface area contributed by atoms with Crippen molar-refractivity contribution in [3.8, 4) is 6.07 Å². The van der Waals surface area contributed by atoms with Crippen LogP contribution in [0.4, 0.5) is 5.69 Å². The molecule has 1 aromatic carbocycles. The fraction of sp³-hybridized carbons (Fsp3) is 0.533. The third-order valence-corrected chi connectivity index (χ3v) is 4.34. The SMILES string of the molecule is Cc1ccc(NC2(C#N)CCN3CCCC32)cc1. The molecule has 2 unspecified atom stereocenters. The van der Waals surface area contributed by atoms with Crippen molar-refractivity contribution in [2.24, 2.45) is 0 Å². The van der Waals surface area contributed by atoms with Crippen LogP contribution in [0.5, 0.6) is 0 Å². The molecule has 3 heteroatoms. The number of hydrogen-bond donors (Lipinski definition) is 1. The van der Waals surface area contributed by atoms with Gasteiger partial charge in [-0.05, 0) is 44.9 Å². The van der Waals surface area contributed by atoms with Gasteiger partial charge in [-0.2, -0.15) is 5.26 Å². The third-order valence-electron chi connectivity index (χ3n) is 4.34. The summed E-state index contributed by atoms with van der Waals surface area (Å²) in [4.78, 5) is 2.46. The third kappa shape index (κ3) is 1.77. The highest BCUT2D eigenvalue weighted by atomic mass is 15.3. The first-order valence-electron chi connectivity index (χ1n) is 6.74. The summed E-state index contributed by atoms with van der Waals surface area (Å²) in [5.74, 6) is 0. The summed E-state index contributed by atoms with van der Waals surface area (Å²) in [5, 5.41) is 13.1. The second-order valence-corrected chi connectivity index (χ2v) is 5.52. The van der Waals surface area contributed by atoms with Gasteiger partial charge in [0.25, 0.3) is 0 Å². The van der Waals surface area contributed by atoms with Gasteiger partial charge in [0.05, 0.1) is 6.07 Å². The molecule has 0 bridgehead atoms. The molecule has 0 aliphatic carbocycles. The molecular formula is C15H19N3. The Morgan fingerprint density at radius 1 is 1.33 bits per heavy atom. The van der Waals surface area contributed by atoms with Crippen molar-refractivity contribution >= 4 is 5.69 Å². The van der Waals surface area contributed by atoms with Crippen molar-refractivity contribution in [3.63, 3.8) is 0 Å². The Bertz CT molecular complexity index is 474. The highest BCUT2D eigenvalue weighted by Crippen LogP contribution is 2.38. The zero-order valence-electron chi connectivity index (χ0n) is 10.8. The Hall–Kier alpha value is -1.53. The van der Waals surface area contributed by atoms with E-state index in [9.17, 15) is 5.26 Å². The number of benzene rings is 1. The topological polar surface area (TPSA) is 39.1 Å². The molecule has 2 aliphatic rings. The normalized spacial score (nSPS) is 31.0. The van der Waals surface area contributed by atoms with Crippen molar-refractivity contribution in [1.82, 2.24) is 4.90 Å². The second-order valence-electron chi connectivity index (χ2n) is 5.52. The van der Waals surface area contributed by atoms with Crippen LogP contribution in [0.15, 0.2) is 24.3 Å². The lowest BCUT2D eigenvalue weighted by Crippen LogP contribution is -2.46. The van der Waals surface area contributed by atoms with E-state index in [1.54, 1.807) is 0 Å². The number of nitrogens with zero attached hydrogens (tertiary/aromatic N) is 2. The van der Waals surface area contributed by atoms with E-state index in [0.717, 1.165) is 31.6 Å². The van der Waals surface area contributed by atoms with Gasteiger partial charge in [-0.25, -0.2) is 0 Å². The van der Waals surface area contributed by atoms with Crippen molar-refractivity contribution in [3.05, 3.63) is 29.8 Å². The maximum atomic E-state index is 9.64. The summed E-state index contributed by atoms with van der Waals surface area (Å²) in [6, 6.07) is 11.3. The smallest absolute Gasteiger partial charge is 0.142 e. The van der Waals surface area contributed by atoms with Gasteiger partial charge < -0.3 is 5.32 Å². The molecule has 0 amide bonds. The fourth-order valence-corrected chi connectivity index (χ4v) is 3.34. The van der Waals surface area contributed by atoms with Crippen LogP contribution in [-0.2, 0) is 0 Å². The minimum Gasteiger partial charge on any atom is -0.366 e. The maximum Gasteiger partial charge on any atom is 0.142 e. The van der Waals surface area contributed by atoms with Crippen LogP contribution < -0.4 is 5.32 Å². The van der Waals surface area contributed by atoms with Crippen molar-refractivity contribution in [1.29, 1.82) is 5.26 Å². The molecule has 2 fully saturated rings. The molecule has 3 nitrogen and oxygen atoms in total. The van der Waals surface area contributed by atoms with Crippen LogP contribution in [0, 0.1) is 18.3 Å². The first kappa shape index (κ1) is 11.6. The molecule has 2 saturated heterocycles. The Morgan fingerprint density at radius 3 is 2.83 bits per heavy atom. The first-order valence-corrected chi connectivity index (χ1v) is 6.74. The van der Waals surface area contributed by atoms with Crippen LogP contribution in [-0.4, -0.2) is 29.6 Å². The van der Waals surface area contributed by atoms with E-state index in [1.807, 2.05) is 0 Å². The number of hydrogen-bond acceptors (Lipinski definition) is 3. The van der Waals surface area contributed by atoms with E-state index >= 15 is 0 Å². The summed E-state index contributed by atoms with van der Waals surface area (Å²) >= 11 is 0. The van der Waals surface area contributed by atoms with Gasteiger partial charge in [-0.15, -0.1) is 0 Å². The van der Waals surface area contributed by atoms with E-state index < -0.39 is 0 Å². The summed E-state index contributed by atoms with van der Waals surface area (Å²) < 4.78 is 0. The van der Waals surface area contributed by atoms with Gasteiger partial charge in [0.2, 0.25) is 0 Å². The molecule has 0 radical (unpaired) electrons. The zero-order valence-corrected chi connectivity index (χ0v) is 10.8. The Labute approximate surface area is 108 Å². The quantitative estimate of drug-likeness (QED) is 0.864. The van der Waals surface area contributed by atoms with Gasteiger partial charge in [-0.1, -0.05) is 17.7 Å². The predicted octanol–water partition coefficient (Wildman–Crippen LogP) is 2.54. The van der Waals surface area contributed by atoms with E-state index in [4.69, 9.17) is 0 Å². The van der Waals surface area contributed by atoms with Crippen LogP contribution in [0.25, 0.3) is 0 Å². The largest absolute Gasteiger partial charge is 0.366 e. The summed E-state index contributed by atoms with van der Waals surface area (Å²) in [6.45, 7) is 4.29. The van der Waals surface area contributed by atoms with Gasteiger partial charge in [0.15, 0.2) is 0 Å². The van der Waals surface area contributed by atoms with Crippen LogP contribution in [0.3, 0.4) is 0 Å². The lowest BCUT2D eigenvalue weighted by atomic mass is 9.90. The van der Waals surface area contributed by atoms with E-state index in [-0.39, 0.29) is 5.54 Å². The van der Waals surface area contributed by atoms with Crippen LogP contribution >= 0.6 is 0 Å².